The van der Waals surface area contributed by atoms with Crippen LogP contribution in [0.5, 0.6) is 0 Å². The first-order valence-electron chi connectivity index (χ1n) is 8.53. The predicted octanol–water partition coefficient (Wildman–Crippen LogP) is 1.55. The van der Waals surface area contributed by atoms with E-state index in [0.717, 1.165) is 38.0 Å². The van der Waals surface area contributed by atoms with Crippen LogP contribution in [-0.4, -0.2) is 55.7 Å². The first-order chi connectivity index (χ1) is 11.6. The van der Waals surface area contributed by atoms with Gasteiger partial charge in [0.2, 0.25) is 5.91 Å². The molecule has 1 aromatic carbocycles. The molecule has 1 aliphatic rings. The molecule has 0 aromatic heterocycles. The van der Waals surface area contributed by atoms with Gasteiger partial charge in [-0.05, 0) is 24.9 Å². The number of piperidine rings is 1. The summed E-state index contributed by atoms with van der Waals surface area (Å²) in [6.45, 7) is 5.18. The number of likely N-dealkylation sites (tertiary alicyclic amines) is 1. The Morgan fingerprint density at radius 3 is 2.50 bits per heavy atom. The lowest BCUT2D eigenvalue weighted by atomic mass is 10.0. The number of nitrogens with one attached hydrogen (secondary N) is 2. The van der Waals surface area contributed by atoms with Crippen molar-refractivity contribution in [2.45, 2.75) is 38.3 Å². The number of alkyl carbamates (subject to hydrolysis) is 1. The molecule has 0 radical (unpaired) electrons. The van der Waals surface area contributed by atoms with Crippen molar-refractivity contribution in [2.24, 2.45) is 0 Å². The number of hydrogen-bond acceptors (Lipinski definition) is 4. The summed E-state index contributed by atoms with van der Waals surface area (Å²) < 4.78 is 4.65. The zero-order valence-electron chi connectivity index (χ0n) is 14.5. The zero-order valence-corrected chi connectivity index (χ0v) is 14.5. The van der Waals surface area contributed by atoms with Crippen LogP contribution in [0.3, 0.4) is 0 Å². The normalized spacial score (nSPS) is 17.1. The van der Waals surface area contributed by atoms with Gasteiger partial charge in [0.05, 0.1) is 7.11 Å². The van der Waals surface area contributed by atoms with Gasteiger partial charge in [-0.2, -0.15) is 0 Å². The highest BCUT2D eigenvalue weighted by molar-refractivity contribution is 5.86. The van der Waals surface area contributed by atoms with E-state index < -0.39 is 12.1 Å². The van der Waals surface area contributed by atoms with E-state index in [1.165, 1.54) is 7.11 Å². The van der Waals surface area contributed by atoms with E-state index in [4.69, 9.17) is 0 Å². The highest BCUT2D eigenvalue weighted by atomic mass is 16.5. The second kappa shape index (κ2) is 9.27. The van der Waals surface area contributed by atoms with Crippen molar-refractivity contribution in [3.8, 4) is 0 Å². The highest BCUT2D eigenvalue weighted by Gasteiger charge is 2.26. The van der Waals surface area contributed by atoms with E-state index in [9.17, 15) is 9.59 Å². The minimum atomic E-state index is -0.635. The summed E-state index contributed by atoms with van der Waals surface area (Å²) in [5.74, 6) is -0.154. The van der Waals surface area contributed by atoms with Crippen LogP contribution in [0.25, 0.3) is 0 Å². The third-order valence-electron chi connectivity index (χ3n) is 4.46. The van der Waals surface area contributed by atoms with E-state index in [1.54, 1.807) is 0 Å². The van der Waals surface area contributed by atoms with Gasteiger partial charge in [0, 0.05) is 25.6 Å². The maximum atomic E-state index is 12.6. The Morgan fingerprint density at radius 1 is 1.25 bits per heavy atom. The summed E-state index contributed by atoms with van der Waals surface area (Å²) in [7, 11) is 1.30. The van der Waals surface area contributed by atoms with Crippen molar-refractivity contribution in [3.63, 3.8) is 0 Å². The maximum Gasteiger partial charge on any atom is 0.407 e. The average Bonchev–Trinajstić information content (AvgIpc) is 2.62. The molecule has 1 atom stereocenters. The summed E-state index contributed by atoms with van der Waals surface area (Å²) in [6, 6.07) is 9.18. The monoisotopic (exact) mass is 333 g/mol. The van der Waals surface area contributed by atoms with Gasteiger partial charge in [-0.1, -0.05) is 37.3 Å². The molecule has 132 valence electrons. The van der Waals surface area contributed by atoms with Crippen molar-refractivity contribution < 1.29 is 14.3 Å². The van der Waals surface area contributed by atoms with Gasteiger partial charge in [0.25, 0.3) is 0 Å². The zero-order chi connectivity index (χ0) is 17.4. The Labute approximate surface area is 143 Å². The van der Waals surface area contributed by atoms with E-state index in [2.05, 4.69) is 27.2 Å². The van der Waals surface area contributed by atoms with Gasteiger partial charge >= 0.3 is 6.09 Å². The number of nitrogens with zero attached hydrogens (tertiary/aromatic N) is 1. The lowest BCUT2D eigenvalue weighted by Gasteiger charge is -2.32. The molecule has 1 heterocycles. The standard InChI is InChI=1S/C18H27N3O3/c1-3-21-11-9-15(10-12-21)19-17(22)16(20-18(23)24-2)13-14-7-5-4-6-8-14/h4-8,15-16H,3,9-13H2,1-2H3,(H,19,22)(H,20,23). The minimum absolute atomic E-state index is 0.154. The third-order valence-corrected chi connectivity index (χ3v) is 4.46. The van der Waals surface area contributed by atoms with Crippen LogP contribution in [-0.2, 0) is 16.0 Å². The van der Waals surface area contributed by atoms with Gasteiger partial charge in [0.15, 0.2) is 0 Å². The van der Waals surface area contributed by atoms with Gasteiger partial charge < -0.3 is 20.3 Å². The van der Waals surface area contributed by atoms with Crippen LogP contribution in [0.15, 0.2) is 30.3 Å². The van der Waals surface area contributed by atoms with Crippen molar-refractivity contribution in [2.75, 3.05) is 26.7 Å². The topological polar surface area (TPSA) is 70.7 Å². The molecule has 2 rings (SSSR count). The van der Waals surface area contributed by atoms with Crippen molar-refractivity contribution in [3.05, 3.63) is 35.9 Å². The van der Waals surface area contributed by atoms with Crippen LogP contribution >= 0.6 is 0 Å². The molecule has 1 aliphatic heterocycles. The van der Waals surface area contributed by atoms with Crippen molar-refractivity contribution >= 4 is 12.0 Å². The van der Waals surface area contributed by atoms with Crippen molar-refractivity contribution in [1.82, 2.24) is 15.5 Å². The maximum absolute atomic E-state index is 12.6. The summed E-state index contributed by atoms with van der Waals surface area (Å²) in [6.07, 6.45) is 1.73. The molecule has 0 bridgehead atoms. The number of benzene rings is 1. The second-order valence-corrected chi connectivity index (χ2v) is 6.10. The smallest absolute Gasteiger partial charge is 0.407 e. The average molecular weight is 333 g/mol. The first kappa shape index (κ1) is 18.3. The minimum Gasteiger partial charge on any atom is -0.453 e. The molecular weight excluding hydrogens is 306 g/mol. The van der Waals surface area contributed by atoms with Crippen LogP contribution < -0.4 is 10.6 Å². The van der Waals surface area contributed by atoms with Gasteiger partial charge in [-0.3, -0.25) is 4.79 Å². The molecule has 1 fully saturated rings. The Balaban J connectivity index is 1.95. The Hall–Kier alpha value is -2.08. The second-order valence-electron chi connectivity index (χ2n) is 6.10. The Morgan fingerprint density at radius 2 is 1.92 bits per heavy atom. The molecule has 2 N–H and O–H groups in total. The van der Waals surface area contributed by atoms with Crippen molar-refractivity contribution in [1.29, 1.82) is 0 Å². The molecule has 0 aliphatic carbocycles. The quantitative estimate of drug-likeness (QED) is 0.829. The van der Waals surface area contributed by atoms with E-state index in [-0.39, 0.29) is 11.9 Å². The SMILES string of the molecule is CCN1CCC(NC(=O)C(Cc2ccccc2)NC(=O)OC)CC1. The van der Waals surface area contributed by atoms with E-state index in [0.29, 0.717) is 6.42 Å². The molecule has 0 saturated carbocycles. The van der Waals surface area contributed by atoms with E-state index >= 15 is 0 Å². The molecule has 6 nitrogen and oxygen atoms in total. The predicted molar refractivity (Wildman–Crippen MR) is 92.8 cm³/mol. The van der Waals surface area contributed by atoms with Gasteiger partial charge in [0.1, 0.15) is 6.04 Å². The number of carbonyl (C=O) groups excluding carboxylic acids is 2. The fourth-order valence-electron chi connectivity index (χ4n) is 2.96. The molecule has 6 heteroatoms. The molecule has 1 unspecified atom stereocenters. The van der Waals surface area contributed by atoms with E-state index in [1.807, 2.05) is 30.3 Å². The summed E-state index contributed by atoms with van der Waals surface area (Å²) in [4.78, 5) is 26.6. The van der Waals surface area contributed by atoms with Crippen LogP contribution in [0.1, 0.15) is 25.3 Å². The Kier molecular flexibility index (Phi) is 7.06. The number of carbonyl (C=O) groups is 2. The summed E-state index contributed by atoms with van der Waals surface area (Å²) in [5, 5.41) is 5.72. The molecule has 24 heavy (non-hydrogen) atoms. The molecular formula is C18H27N3O3. The van der Waals surface area contributed by atoms with Crippen LogP contribution in [0.4, 0.5) is 4.79 Å². The molecule has 2 amide bonds. The van der Waals surface area contributed by atoms with Crippen LogP contribution in [0.2, 0.25) is 0 Å². The highest BCUT2D eigenvalue weighted by Crippen LogP contribution is 2.11. The van der Waals surface area contributed by atoms with Crippen LogP contribution in [0, 0.1) is 0 Å². The Bertz CT molecular complexity index is 528. The summed E-state index contributed by atoms with van der Waals surface area (Å²) >= 11 is 0. The fraction of sp³-hybridized carbons (Fsp3) is 0.556. The molecule has 0 spiro atoms. The lowest BCUT2D eigenvalue weighted by molar-refractivity contribution is -0.124. The van der Waals surface area contributed by atoms with Gasteiger partial charge in [-0.25, -0.2) is 4.79 Å². The largest absolute Gasteiger partial charge is 0.453 e. The fourth-order valence-corrected chi connectivity index (χ4v) is 2.96. The number of hydrogen-bond donors (Lipinski definition) is 2. The van der Waals surface area contributed by atoms with Gasteiger partial charge in [-0.15, -0.1) is 0 Å². The lowest BCUT2D eigenvalue weighted by Crippen LogP contribution is -2.52. The number of amides is 2. The first-order valence-corrected chi connectivity index (χ1v) is 8.53. The molecule has 1 saturated heterocycles. The number of ether oxygens (including phenoxy) is 1. The third kappa shape index (κ3) is 5.53. The summed E-state index contributed by atoms with van der Waals surface area (Å²) in [5.41, 5.74) is 0.995. The molecule has 1 aromatic rings. The number of rotatable bonds is 6. The number of methoxy groups -OCH3 is 1.